The Labute approximate surface area is 102 Å². The fourth-order valence-corrected chi connectivity index (χ4v) is 2.09. The number of carbonyl (C=O) groups excluding carboxylic acids is 1. The molecule has 16 heavy (non-hydrogen) atoms. The van der Waals surface area contributed by atoms with Crippen molar-refractivity contribution in [3.05, 3.63) is 23.3 Å². The summed E-state index contributed by atoms with van der Waals surface area (Å²) in [5.41, 5.74) is 6.11. The zero-order valence-corrected chi connectivity index (χ0v) is 10.4. The van der Waals surface area contributed by atoms with Gasteiger partial charge in [-0.05, 0) is 30.5 Å². The lowest BCUT2D eigenvalue weighted by Gasteiger charge is -2.13. The highest BCUT2D eigenvalue weighted by atomic mass is 79.9. The zero-order chi connectivity index (χ0) is 11.9. The van der Waals surface area contributed by atoms with Gasteiger partial charge in [-0.1, -0.05) is 15.9 Å². The second-order valence-electron chi connectivity index (χ2n) is 3.90. The number of carbonyl (C=O) groups is 1. The summed E-state index contributed by atoms with van der Waals surface area (Å²) >= 11 is 3.57. The Morgan fingerprint density at radius 1 is 1.56 bits per heavy atom. The second kappa shape index (κ2) is 3.66. The van der Waals surface area contributed by atoms with Crippen molar-refractivity contribution in [2.75, 3.05) is 7.11 Å². The number of ether oxygens (including phenoxy) is 1. The molecule has 1 aromatic rings. The van der Waals surface area contributed by atoms with E-state index in [1.165, 1.54) is 7.11 Å². The normalized spacial score (nSPS) is 16.9. The molecule has 1 fully saturated rings. The molecule has 1 aliphatic rings. The van der Waals surface area contributed by atoms with Crippen molar-refractivity contribution in [1.29, 1.82) is 0 Å². The van der Waals surface area contributed by atoms with Crippen LogP contribution in [-0.2, 0) is 4.32 Å². The maximum absolute atomic E-state index is 11.1. The number of methoxy groups -OCH3 is 1. The molecule has 0 atom stereocenters. The standard InChI is InChI=1S/C11H12BrNO3/c1-16-8-5-6(11(12)2-3-11)4-7(14)9(8)10(13)15/h4-5,14H,2-3H2,1H3,(H2,13,15). The number of halogens is 1. The third kappa shape index (κ3) is 1.75. The summed E-state index contributed by atoms with van der Waals surface area (Å²) in [4.78, 5) is 11.1. The minimum Gasteiger partial charge on any atom is -0.507 e. The summed E-state index contributed by atoms with van der Waals surface area (Å²) in [7, 11) is 1.44. The van der Waals surface area contributed by atoms with Gasteiger partial charge in [0.05, 0.1) is 11.4 Å². The van der Waals surface area contributed by atoms with E-state index in [9.17, 15) is 9.90 Å². The van der Waals surface area contributed by atoms with Gasteiger partial charge in [0.15, 0.2) is 0 Å². The molecule has 0 spiro atoms. The predicted molar refractivity (Wildman–Crippen MR) is 63.0 cm³/mol. The summed E-state index contributed by atoms with van der Waals surface area (Å²) in [6.45, 7) is 0. The van der Waals surface area contributed by atoms with Gasteiger partial charge >= 0.3 is 0 Å². The van der Waals surface area contributed by atoms with Gasteiger partial charge in [0.25, 0.3) is 5.91 Å². The lowest BCUT2D eigenvalue weighted by molar-refractivity contribution is 0.0994. The van der Waals surface area contributed by atoms with Crippen LogP contribution in [0.3, 0.4) is 0 Å². The van der Waals surface area contributed by atoms with Crippen LogP contribution in [0.4, 0.5) is 0 Å². The molecule has 1 amide bonds. The predicted octanol–water partition coefficient (Wildman–Crippen LogP) is 1.88. The smallest absolute Gasteiger partial charge is 0.256 e. The number of rotatable bonds is 3. The van der Waals surface area contributed by atoms with Crippen molar-refractivity contribution in [3.8, 4) is 11.5 Å². The monoisotopic (exact) mass is 285 g/mol. The summed E-state index contributed by atoms with van der Waals surface area (Å²) in [6, 6.07) is 3.30. The highest BCUT2D eigenvalue weighted by Gasteiger charge is 2.42. The van der Waals surface area contributed by atoms with Crippen LogP contribution < -0.4 is 10.5 Å². The number of aromatic hydroxyl groups is 1. The Balaban J connectivity index is 2.55. The van der Waals surface area contributed by atoms with Gasteiger partial charge in [-0.2, -0.15) is 0 Å². The molecule has 1 aromatic carbocycles. The average molecular weight is 286 g/mol. The van der Waals surface area contributed by atoms with Crippen molar-refractivity contribution in [2.45, 2.75) is 17.2 Å². The van der Waals surface area contributed by atoms with Crippen LogP contribution in [0, 0.1) is 0 Å². The van der Waals surface area contributed by atoms with E-state index in [-0.39, 0.29) is 15.6 Å². The maximum Gasteiger partial charge on any atom is 0.256 e. The number of phenols is 1. The Bertz CT molecular complexity index is 455. The number of nitrogens with two attached hydrogens (primary N) is 1. The van der Waals surface area contributed by atoms with Crippen LogP contribution >= 0.6 is 15.9 Å². The third-order valence-electron chi connectivity index (χ3n) is 2.75. The van der Waals surface area contributed by atoms with Crippen LogP contribution in [0.2, 0.25) is 0 Å². The number of alkyl halides is 1. The second-order valence-corrected chi connectivity index (χ2v) is 5.42. The number of hydrogen-bond donors (Lipinski definition) is 2. The molecule has 2 rings (SSSR count). The molecule has 1 aliphatic carbocycles. The molecule has 0 saturated heterocycles. The van der Waals surface area contributed by atoms with Gasteiger partial charge in [0.1, 0.15) is 17.1 Å². The number of amides is 1. The van der Waals surface area contributed by atoms with Crippen LogP contribution in [-0.4, -0.2) is 18.1 Å². The van der Waals surface area contributed by atoms with Gasteiger partial charge < -0.3 is 15.6 Å². The fourth-order valence-electron chi connectivity index (χ4n) is 1.67. The van der Waals surface area contributed by atoms with Gasteiger partial charge in [-0.3, -0.25) is 4.79 Å². The third-order valence-corrected chi connectivity index (χ3v) is 4.00. The molecular formula is C11H12BrNO3. The minimum atomic E-state index is -0.694. The van der Waals surface area contributed by atoms with Crippen LogP contribution in [0.25, 0.3) is 0 Å². The average Bonchev–Trinajstić information content (AvgIpc) is 2.96. The van der Waals surface area contributed by atoms with Crippen LogP contribution in [0.15, 0.2) is 12.1 Å². The Morgan fingerprint density at radius 2 is 2.19 bits per heavy atom. The first-order chi connectivity index (χ1) is 7.48. The highest BCUT2D eigenvalue weighted by molar-refractivity contribution is 9.09. The molecule has 0 aromatic heterocycles. The van der Waals surface area contributed by atoms with Gasteiger partial charge in [-0.15, -0.1) is 0 Å². The molecule has 0 bridgehead atoms. The van der Waals surface area contributed by atoms with Crippen molar-refractivity contribution in [2.24, 2.45) is 5.73 Å². The number of benzene rings is 1. The minimum absolute atomic E-state index is 0.0306. The Morgan fingerprint density at radius 3 is 2.62 bits per heavy atom. The van der Waals surface area contributed by atoms with Crippen molar-refractivity contribution < 1.29 is 14.6 Å². The summed E-state index contributed by atoms with van der Waals surface area (Å²) < 4.78 is 4.99. The first kappa shape index (κ1) is 11.3. The van der Waals surface area contributed by atoms with Crippen molar-refractivity contribution in [1.82, 2.24) is 0 Å². The SMILES string of the molecule is COc1cc(C2(Br)CC2)cc(O)c1C(N)=O. The molecule has 4 nitrogen and oxygen atoms in total. The van der Waals surface area contributed by atoms with Gasteiger partial charge in [-0.25, -0.2) is 0 Å². The molecule has 0 unspecified atom stereocenters. The van der Waals surface area contributed by atoms with Crippen LogP contribution in [0.5, 0.6) is 11.5 Å². The largest absolute Gasteiger partial charge is 0.507 e. The molecule has 3 N–H and O–H groups in total. The fraction of sp³-hybridized carbons (Fsp3) is 0.364. The number of hydrogen-bond acceptors (Lipinski definition) is 3. The molecule has 0 radical (unpaired) electrons. The zero-order valence-electron chi connectivity index (χ0n) is 8.79. The van der Waals surface area contributed by atoms with E-state index < -0.39 is 5.91 Å². The molecule has 0 heterocycles. The highest BCUT2D eigenvalue weighted by Crippen LogP contribution is 2.55. The van der Waals surface area contributed by atoms with Crippen molar-refractivity contribution >= 4 is 21.8 Å². The van der Waals surface area contributed by atoms with Gasteiger partial charge in [0.2, 0.25) is 0 Å². The molecule has 0 aliphatic heterocycles. The van der Waals surface area contributed by atoms with E-state index in [2.05, 4.69) is 15.9 Å². The summed E-state index contributed by atoms with van der Waals surface area (Å²) in [5.74, 6) is -0.513. The molecular weight excluding hydrogens is 274 g/mol. The van der Waals surface area contributed by atoms with E-state index in [1.54, 1.807) is 12.1 Å². The number of primary amides is 1. The van der Waals surface area contributed by atoms with E-state index in [0.29, 0.717) is 5.75 Å². The van der Waals surface area contributed by atoms with Crippen LogP contribution in [0.1, 0.15) is 28.8 Å². The maximum atomic E-state index is 11.1. The molecule has 1 saturated carbocycles. The van der Waals surface area contributed by atoms with E-state index in [4.69, 9.17) is 10.5 Å². The summed E-state index contributed by atoms with van der Waals surface area (Å²) in [5, 5.41) is 9.76. The summed E-state index contributed by atoms with van der Waals surface area (Å²) in [6.07, 6.45) is 2.01. The van der Waals surface area contributed by atoms with Gasteiger partial charge in [0, 0.05) is 0 Å². The topological polar surface area (TPSA) is 72.6 Å². The quantitative estimate of drug-likeness (QED) is 0.833. The Kier molecular flexibility index (Phi) is 2.58. The first-order valence-electron chi connectivity index (χ1n) is 4.88. The first-order valence-corrected chi connectivity index (χ1v) is 5.67. The lowest BCUT2D eigenvalue weighted by Crippen LogP contribution is -2.13. The Hall–Kier alpha value is -1.23. The molecule has 5 heteroatoms. The van der Waals surface area contributed by atoms with E-state index >= 15 is 0 Å². The molecule has 86 valence electrons. The van der Waals surface area contributed by atoms with E-state index in [0.717, 1.165) is 18.4 Å². The van der Waals surface area contributed by atoms with Crippen molar-refractivity contribution in [3.63, 3.8) is 0 Å². The lowest BCUT2D eigenvalue weighted by atomic mass is 10.0. The van der Waals surface area contributed by atoms with E-state index in [1.807, 2.05) is 0 Å².